The van der Waals surface area contributed by atoms with E-state index in [-0.39, 0.29) is 41.7 Å². The summed E-state index contributed by atoms with van der Waals surface area (Å²) >= 11 is 0. The van der Waals surface area contributed by atoms with Gasteiger partial charge in [0.15, 0.2) is 5.60 Å². The minimum absolute atomic E-state index is 0.0190. The van der Waals surface area contributed by atoms with Crippen molar-refractivity contribution in [3.05, 3.63) is 34.1 Å². The first-order valence-corrected chi connectivity index (χ1v) is 13.6. The Kier molecular flexibility index (Phi) is 7.68. The van der Waals surface area contributed by atoms with Crippen molar-refractivity contribution in [1.29, 1.82) is 5.41 Å². The van der Waals surface area contributed by atoms with Crippen molar-refractivity contribution < 1.29 is 34.8 Å². The second kappa shape index (κ2) is 10.4. The second-order valence-electron chi connectivity index (χ2n) is 12.7. The molecule has 4 rings (SSSR count). The highest BCUT2D eigenvalue weighted by atomic mass is 16.3. The van der Waals surface area contributed by atoms with Crippen LogP contribution in [0.3, 0.4) is 0 Å². The number of phenolic OH excluding ortho intramolecular Hbond substituents is 1. The van der Waals surface area contributed by atoms with Gasteiger partial charge < -0.3 is 47.1 Å². The molecule has 3 aliphatic rings. The fourth-order valence-corrected chi connectivity index (χ4v) is 6.38. The van der Waals surface area contributed by atoms with Crippen LogP contribution >= 0.6 is 0 Å². The maximum absolute atomic E-state index is 14.1. The summed E-state index contributed by atoms with van der Waals surface area (Å²) in [5.41, 5.74) is 1.91. The number of likely N-dealkylation sites (N-methyl/N-ethyl adjacent to an activating group) is 1. The van der Waals surface area contributed by atoms with Gasteiger partial charge in [0.05, 0.1) is 29.5 Å². The highest BCUT2D eigenvalue weighted by molar-refractivity contribution is 6.34. The molecule has 2 amide bonds. The van der Waals surface area contributed by atoms with Crippen LogP contribution in [0, 0.1) is 17.2 Å². The Hall–Kier alpha value is -3.94. The summed E-state index contributed by atoms with van der Waals surface area (Å²) in [6.07, 6.45) is 0.238. The van der Waals surface area contributed by atoms with Gasteiger partial charge >= 0.3 is 0 Å². The number of aromatic hydroxyl groups is 1. The minimum Gasteiger partial charge on any atom is -0.510 e. The number of anilines is 2. The number of rotatable bonds is 6. The number of nitrogens with one attached hydrogen (secondary N) is 3. The van der Waals surface area contributed by atoms with E-state index >= 15 is 0 Å². The SMILES string of the molecule is CN(C)c1cc(NC(=O)CNC(C)(C)C)c(O)c2c1C[C@H]1C[C@H]3[C@H](N(C)C)C(O)=C(C(N)=O)C(=N)[C@@]3(O)C(=O)C1=C2O. The predicted molar refractivity (Wildman–Crippen MR) is 158 cm³/mol. The van der Waals surface area contributed by atoms with Crippen LogP contribution < -0.4 is 21.3 Å². The summed E-state index contributed by atoms with van der Waals surface area (Å²) in [7, 11) is 6.74. The molecule has 0 heterocycles. The standard InChI is InChI=1S/C29H40N6O7/c1-28(2,3)32-11-17(36)33-15-10-16(34(4)5)13-8-12-9-14-21(35(6)7)24(39)20(27(31)41)25(30)29(14,42)26(40)18(12)23(38)19(13)22(15)37/h10,12,14,21,30,32,37-39,42H,8-9,11H2,1-7H3,(H2,31,41)(H,33,36)/t12-,14-,21-,29+/m0/s1. The van der Waals surface area contributed by atoms with Gasteiger partial charge in [-0.3, -0.25) is 19.3 Å². The van der Waals surface area contributed by atoms with E-state index in [1.165, 1.54) is 0 Å². The van der Waals surface area contributed by atoms with Gasteiger partial charge in [0.1, 0.15) is 22.8 Å². The van der Waals surface area contributed by atoms with Crippen molar-refractivity contribution >= 4 is 40.4 Å². The molecule has 0 aromatic heterocycles. The Labute approximate surface area is 244 Å². The molecule has 13 heteroatoms. The average Bonchev–Trinajstić information content (AvgIpc) is 2.85. The van der Waals surface area contributed by atoms with Crippen molar-refractivity contribution in [3.63, 3.8) is 0 Å². The number of nitrogens with two attached hydrogens (primary N) is 1. The van der Waals surface area contributed by atoms with Gasteiger partial charge in [-0.25, -0.2) is 0 Å². The number of nitrogens with zero attached hydrogens (tertiary/aromatic N) is 2. The van der Waals surface area contributed by atoms with Crippen LogP contribution in [-0.2, 0) is 20.8 Å². The highest BCUT2D eigenvalue weighted by Gasteiger charge is 2.63. The number of aliphatic hydroxyl groups excluding tert-OH is 2. The van der Waals surface area contributed by atoms with Crippen LogP contribution in [0.1, 0.15) is 38.3 Å². The predicted octanol–water partition coefficient (Wildman–Crippen LogP) is 0.807. The largest absolute Gasteiger partial charge is 0.510 e. The number of fused-ring (bicyclic) bond motifs is 3. The van der Waals surface area contributed by atoms with Crippen LogP contribution in [-0.4, -0.2) is 101 Å². The number of phenols is 1. The van der Waals surface area contributed by atoms with Crippen molar-refractivity contribution in [1.82, 2.24) is 10.2 Å². The molecule has 1 saturated carbocycles. The summed E-state index contributed by atoms with van der Waals surface area (Å²) in [6, 6.07) is 0.580. The molecule has 1 aromatic carbocycles. The summed E-state index contributed by atoms with van der Waals surface area (Å²) in [4.78, 5) is 42.3. The highest BCUT2D eigenvalue weighted by Crippen LogP contribution is 2.54. The minimum atomic E-state index is -2.58. The van der Waals surface area contributed by atoms with E-state index in [0.29, 0.717) is 11.3 Å². The van der Waals surface area contributed by atoms with Crippen LogP contribution in [0.2, 0.25) is 0 Å². The summed E-state index contributed by atoms with van der Waals surface area (Å²) in [6.45, 7) is 5.66. The molecule has 3 aliphatic carbocycles. The topological polar surface area (TPSA) is 213 Å². The van der Waals surface area contributed by atoms with E-state index in [1.54, 1.807) is 44.1 Å². The zero-order valence-corrected chi connectivity index (χ0v) is 24.9. The fourth-order valence-electron chi connectivity index (χ4n) is 6.38. The molecular weight excluding hydrogens is 544 g/mol. The molecule has 9 N–H and O–H groups in total. The number of primary amides is 1. The van der Waals surface area contributed by atoms with Crippen LogP contribution in [0.5, 0.6) is 5.75 Å². The van der Waals surface area contributed by atoms with Gasteiger partial charge in [0.2, 0.25) is 11.7 Å². The zero-order valence-electron chi connectivity index (χ0n) is 24.9. The van der Waals surface area contributed by atoms with E-state index in [9.17, 15) is 34.8 Å². The van der Waals surface area contributed by atoms with Gasteiger partial charge in [-0.2, -0.15) is 0 Å². The lowest BCUT2D eigenvalue weighted by Crippen LogP contribution is -2.67. The van der Waals surface area contributed by atoms with E-state index in [4.69, 9.17) is 11.1 Å². The number of benzene rings is 1. The van der Waals surface area contributed by atoms with Gasteiger partial charge in [0.25, 0.3) is 5.91 Å². The third kappa shape index (κ3) is 4.80. The van der Waals surface area contributed by atoms with Crippen LogP contribution in [0.4, 0.5) is 11.4 Å². The van der Waals surface area contributed by atoms with Gasteiger partial charge in [-0.15, -0.1) is 0 Å². The molecule has 4 atom stereocenters. The lowest BCUT2D eigenvalue weighted by atomic mass is 9.56. The molecule has 228 valence electrons. The van der Waals surface area contributed by atoms with E-state index in [1.807, 2.05) is 20.8 Å². The molecule has 0 aliphatic heterocycles. The Morgan fingerprint density at radius 1 is 1.17 bits per heavy atom. The van der Waals surface area contributed by atoms with Crippen molar-refractivity contribution in [2.75, 3.05) is 45.0 Å². The molecule has 1 fully saturated rings. The normalized spacial score (nSPS) is 25.7. The molecular formula is C29H40N6O7. The summed E-state index contributed by atoms with van der Waals surface area (Å²) < 4.78 is 0. The first-order valence-electron chi connectivity index (χ1n) is 13.6. The second-order valence-corrected chi connectivity index (χ2v) is 12.7. The number of carbonyl (C=O) groups is 3. The number of amides is 2. The average molecular weight is 585 g/mol. The molecule has 0 unspecified atom stereocenters. The van der Waals surface area contributed by atoms with E-state index in [0.717, 1.165) is 0 Å². The van der Waals surface area contributed by atoms with E-state index < -0.39 is 69.6 Å². The molecule has 42 heavy (non-hydrogen) atoms. The maximum Gasteiger partial charge on any atom is 0.254 e. The van der Waals surface area contributed by atoms with Crippen molar-refractivity contribution in [2.24, 2.45) is 17.6 Å². The van der Waals surface area contributed by atoms with Gasteiger partial charge in [-0.1, -0.05) is 0 Å². The third-order valence-electron chi connectivity index (χ3n) is 8.29. The fraction of sp³-hybridized carbons (Fsp3) is 0.517. The summed E-state index contributed by atoms with van der Waals surface area (Å²) in [5.74, 6) is -5.85. The van der Waals surface area contributed by atoms with E-state index in [2.05, 4.69) is 10.6 Å². The smallest absolute Gasteiger partial charge is 0.254 e. The van der Waals surface area contributed by atoms with Gasteiger partial charge in [0, 0.05) is 36.8 Å². The first kappa shape index (κ1) is 31.0. The Morgan fingerprint density at radius 3 is 2.31 bits per heavy atom. The molecule has 0 saturated heterocycles. The molecule has 0 bridgehead atoms. The molecule has 1 aromatic rings. The Balaban J connectivity index is 1.87. The number of ketones is 1. The zero-order chi connectivity index (χ0) is 31.6. The number of hydrogen-bond donors (Lipinski definition) is 8. The first-order chi connectivity index (χ1) is 19.3. The number of hydrogen-bond acceptors (Lipinski definition) is 11. The quantitative estimate of drug-likeness (QED) is 0.220. The van der Waals surface area contributed by atoms with Crippen molar-refractivity contribution in [3.8, 4) is 5.75 Å². The summed E-state index contributed by atoms with van der Waals surface area (Å²) in [5, 5.41) is 60.0. The molecule has 0 spiro atoms. The Bertz CT molecular complexity index is 1450. The third-order valence-corrected chi connectivity index (χ3v) is 8.29. The molecule has 13 nitrogen and oxygen atoms in total. The number of aliphatic hydroxyl groups is 3. The lowest BCUT2D eigenvalue weighted by molar-refractivity contribution is -0.138. The number of Topliss-reactive ketones (excluding diaryl/α,β-unsaturated/α-hetero) is 1. The van der Waals surface area contributed by atoms with Gasteiger partial charge in [-0.05, 0) is 65.3 Å². The lowest BCUT2D eigenvalue weighted by Gasteiger charge is -2.51. The van der Waals surface area contributed by atoms with Crippen LogP contribution in [0.15, 0.2) is 23.0 Å². The monoisotopic (exact) mass is 584 g/mol. The molecule has 0 radical (unpaired) electrons. The maximum atomic E-state index is 14.1. The Morgan fingerprint density at radius 2 is 1.79 bits per heavy atom. The van der Waals surface area contributed by atoms with Crippen LogP contribution in [0.25, 0.3) is 5.76 Å². The van der Waals surface area contributed by atoms with Crippen molar-refractivity contribution in [2.45, 2.75) is 50.8 Å². The number of carbonyl (C=O) groups excluding carboxylic acids is 3.